The van der Waals surface area contributed by atoms with Gasteiger partial charge in [-0.25, -0.2) is 4.68 Å². The molecule has 136 valence electrons. The Morgan fingerprint density at radius 2 is 2.17 bits per heavy atom. The SMILES string of the molecule is CCC(Nc1c([N+](=O)[O-])c(C)nn1C)C(=O)NCC(N)C1CC1.Cl. The van der Waals surface area contributed by atoms with Crippen LogP contribution in [0.25, 0.3) is 0 Å². The lowest BCUT2D eigenvalue weighted by atomic mass is 10.1. The molecule has 4 N–H and O–H groups in total. The van der Waals surface area contributed by atoms with Crippen molar-refractivity contribution in [3.05, 3.63) is 15.8 Å². The van der Waals surface area contributed by atoms with E-state index in [-0.39, 0.29) is 35.9 Å². The summed E-state index contributed by atoms with van der Waals surface area (Å²) in [5.41, 5.74) is 6.18. The van der Waals surface area contributed by atoms with Gasteiger partial charge in [0.25, 0.3) is 0 Å². The van der Waals surface area contributed by atoms with Crippen molar-refractivity contribution in [1.82, 2.24) is 15.1 Å². The van der Waals surface area contributed by atoms with E-state index < -0.39 is 11.0 Å². The maximum atomic E-state index is 12.3. The molecule has 1 heterocycles. The summed E-state index contributed by atoms with van der Waals surface area (Å²) in [5, 5.41) is 21.0. The van der Waals surface area contributed by atoms with Crippen LogP contribution in [0.2, 0.25) is 0 Å². The van der Waals surface area contributed by atoms with Gasteiger partial charge in [-0.05, 0) is 32.1 Å². The van der Waals surface area contributed by atoms with E-state index in [1.807, 2.05) is 6.92 Å². The summed E-state index contributed by atoms with van der Waals surface area (Å²) in [6.45, 7) is 3.83. The van der Waals surface area contributed by atoms with Crippen LogP contribution in [0.1, 0.15) is 31.9 Å². The molecule has 0 saturated heterocycles. The van der Waals surface area contributed by atoms with Crippen molar-refractivity contribution in [1.29, 1.82) is 0 Å². The molecule has 0 aromatic carbocycles. The van der Waals surface area contributed by atoms with Crippen molar-refractivity contribution in [2.75, 3.05) is 11.9 Å². The van der Waals surface area contributed by atoms with Crippen LogP contribution in [0.4, 0.5) is 11.5 Å². The Morgan fingerprint density at radius 1 is 1.54 bits per heavy atom. The molecule has 1 aliphatic carbocycles. The van der Waals surface area contributed by atoms with Crippen LogP contribution in [-0.4, -0.2) is 39.2 Å². The van der Waals surface area contributed by atoms with Gasteiger partial charge in [0.1, 0.15) is 11.7 Å². The van der Waals surface area contributed by atoms with Gasteiger partial charge in [0, 0.05) is 19.6 Å². The first-order chi connectivity index (χ1) is 10.8. The summed E-state index contributed by atoms with van der Waals surface area (Å²) in [5.74, 6) is 0.530. The molecule has 1 amide bonds. The van der Waals surface area contributed by atoms with Crippen molar-refractivity contribution in [2.45, 2.75) is 45.2 Å². The summed E-state index contributed by atoms with van der Waals surface area (Å²) in [6, 6.07) is -0.598. The number of hydrogen-bond acceptors (Lipinski definition) is 6. The molecule has 10 heteroatoms. The van der Waals surface area contributed by atoms with E-state index >= 15 is 0 Å². The average molecular weight is 361 g/mol. The molecule has 0 bridgehead atoms. The second-order valence-corrected chi connectivity index (χ2v) is 6.01. The Hall–Kier alpha value is -1.87. The highest BCUT2D eigenvalue weighted by atomic mass is 35.5. The third kappa shape index (κ3) is 4.57. The molecular weight excluding hydrogens is 336 g/mol. The quantitative estimate of drug-likeness (QED) is 0.470. The first-order valence-corrected chi connectivity index (χ1v) is 7.82. The Morgan fingerprint density at radius 3 is 2.67 bits per heavy atom. The number of nitrogens with two attached hydrogens (primary N) is 1. The minimum absolute atomic E-state index is 0. The van der Waals surface area contributed by atoms with Gasteiger partial charge in [0.15, 0.2) is 0 Å². The van der Waals surface area contributed by atoms with E-state index in [1.54, 1.807) is 14.0 Å². The van der Waals surface area contributed by atoms with Crippen molar-refractivity contribution in [3.63, 3.8) is 0 Å². The first-order valence-electron chi connectivity index (χ1n) is 7.82. The molecule has 1 aromatic heterocycles. The third-order valence-corrected chi connectivity index (χ3v) is 4.15. The van der Waals surface area contributed by atoms with E-state index in [0.29, 0.717) is 24.6 Å². The maximum absolute atomic E-state index is 12.3. The van der Waals surface area contributed by atoms with Crippen molar-refractivity contribution < 1.29 is 9.72 Å². The Bertz CT molecular complexity index is 602. The van der Waals surface area contributed by atoms with E-state index in [9.17, 15) is 14.9 Å². The van der Waals surface area contributed by atoms with E-state index in [1.165, 1.54) is 4.68 Å². The fourth-order valence-corrected chi connectivity index (χ4v) is 2.58. The number of carbonyl (C=O) groups excluding carboxylic acids is 1. The average Bonchev–Trinajstić information content (AvgIpc) is 3.28. The molecule has 2 unspecified atom stereocenters. The smallest absolute Gasteiger partial charge is 0.333 e. The molecule has 2 rings (SSSR count). The van der Waals surface area contributed by atoms with Crippen molar-refractivity contribution >= 4 is 29.8 Å². The van der Waals surface area contributed by atoms with Gasteiger partial charge in [-0.3, -0.25) is 14.9 Å². The molecule has 0 radical (unpaired) electrons. The summed E-state index contributed by atoms with van der Waals surface area (Å²) in [6.07, 6.45) is 2.73. The molecule has 1 aromatic rings. The fraction of sp³-hybridized carbons (Fsp3) is 0.714. The van der Waals surface area contributed by atoms with Gasteiger partial charge in [-0.2, -0.15) is 5.10 Å². The van der Waals surface area contributed by atoms with Crippen molar-refractivity contribution in [3.8, 4) is 0 Å². The minimum atomic E-state index is -0.574. The van der Waals surface area contributed by atoms with Crippen LogP contribution >= 0.6 is 12.4 Å². The van der Waals surface area contributed by atoms with Crippen LogP contribution < -0.4 is 16.4 Å². The lowest BCUT2D eigenvalue weighted by molar-refractivity contribution is -0.384. The molecule has 2 atom stereocenters. The Labute approximate surface area is 146 Å². The molecule has 1 aliphatic rings. The normalized spacial score (nSPS) is 16.0. The predicted molar refractivity (Wildman–Crippen MR) is 93.3 cm³/mol. The van der Waals surface area contributed by atoms with Crippen molar-refractivity contribution in [2.24, 2.45) is 18.7 Å². The van der Waals surface area contributed by atoms with Gasteiger partial charge in [-0.15, -0.1) is 12.4 Å². The van der Waals surface area contributed by atoms with Crippen LogP contribution in [-0.2, 0) is 11.8 Å². The fourth-order valence-electron chi connectivity index (χ4n) is 2.58. The number of amides is 1. The second-order valence-electron chi connectivity index (χ2n) is 6.01. The number of anilines is 1. The summed E-state index contributed by atoms with van der Waals surface area (Å²) < 4.78 is 1.39. The van der Waals surface area contributed by atoms with E-state index in [0.717, 1.165) is 12.8 Å². The summed E-state index contributed by atoms with van der Waals surface area (Å²) in [4.78, 5) is 23.0. The van der Waals surface area contributed by atoms with Crippen LogP contribution in [0.3, 0.4) is 0 Å². The maximum Gasteiger partial charge on any atom is 0.333 e. The molecule has 1 saturated carbocycles. The zero-order valence-electron chi connectivity index (χ0n) is 14.1. The van der Waals surface area contributed by atoms with Gasteiger partial charge >= 0.3 is 5.69 Å². The third-order valence-electron chi connectivity index (χ3n) is 4.15. The molecule has 0 spiro atoms. The van der Waals surface area contributed by atoms with Crippen LogP contribution in [0, 0.1) is 23.0 Å². The molecule has 9 nitrogen and oxygen atoms in total. The monoisotopic (exact) mass is 360 g/mol. The number of halogens is 1. The number of nitro groups is 1. The van der Waals surface area contributed by atoms with Gasteiger partial charge < -0.3 is 16.4 Å². The largest absolute Gasteiger partial charge is 0.353 e. The summed E-state index contributed by atoms with van der Waals surface area (Å²) in [7, 11) is 1.61. The standard InChI is InChI=1S/C14H24N6O3.ClH/c1-4-11(14(21)16-7-10(15)9-5-6-9)17-13-12(20(22)23)8(2)18-19(13)3;/h9-11,17H,4-7,15H2,1-3H3,(H,16,21);1H. The number of carbonyl (C=O) groups is 1. The zero-order valence-corrected chi connectivity index (χ0v) is 14.9. The Kier molecular flexibility index (Phi) is 6.97. The lowest BCUT2D eigenvalue weighted by Crippen LogP contribution is -2.45. The lowest BCUT2D eigenvalue weighted by Gasteiger charge is -2.19. The first kappa shape index (κ1) is 20.2. The van der Waals surface area contributed by atoms with Crippen LogP contribution in [0.5, 0.6) is 0 Å². The Balaban J connectivity index is 0.00000288. The summed E-state index contributed by atoms with van der Waals surface area (Å²) >= 11 is 0. The highest BCUT2D eigenvalue weighted by Crippen LogP contribution is 2.31. The van der Waals surface area contributed by atoms with Gasteiger partial charge in [0.05, 0.1) is 4.92 Å². The minimum Gasteiger partial charge on any atom is -0.353 e. The number of hydrogen-bond donors (Lipinski definition) is 3. The number of aromatic nitrogens is 2. The molecule has 0 aliphatic heterocycles. The van der Waals surface area contributed by atoms with E-state index in [4.69, 9.17) is 5.73 Å². The highest BCUT2D eigenvalue weighted by molar-refractivity contribution is 5.85. The second kappa shape index (κ2) is 8.29. The van der Waals surface area contributed by atoms with E-state index in [2.05, 4.69) is 15.7 Å². The number of nitrogens with zero attached hydrogens (tertiary/aromatic N) is 3. The van der Waals surface area contributed by atoms with Gasteiger partial charge in [0.2, 0.25) is 11.7 Å². The number of rotatable bonds is 8. The zero-order chi connectivity index (χ0) is 17.1. The molecule has 1 fully saturated rings. The highest BCUT2D eigenvalue weighted by Gasteiger charge is 2.30. The van der Waals surface area contributed by atoms with Gasteiger partial charge in [-0.1, -0.05) is 6.92 Å². The molecule has 24 heavy (non-hydrogen) atoms. The topological polar surface area (TPSA) is 128 Å². The molecular formula is C14H25ClN6O3. The van der Waals surface area contributed by atoms with Crippen LogP contribution in [0.15, 0.2) is 0 Å². The predicted octanol–water partition coefficient (Wildman–Crippen LogP) is 1.10. The number of nitrogens with one attached hydrogen (secondary N) is 2. The number of aryl methyl sites for hydroxylation is 2.